The molecule has 0 fully saturated rings. The minimum absolute atomic E-state index is 0. The van der Waals surface area contributed by atoms with E-state index in [-0.39, 0.29) is 29.6 Å². The zero-order chi connectivity index (χ0) is 13.1. The molecule has 0 aliphatic rings. The summed E-state index contributed by atoms with van der Waals surface area (Å²) >= 11 is 0. The van der Waals surface area contributed by atoms with Crippen molar-refractivity contribution in [1.82, 2.24) is 5.32 Å². The van der Waals surface area contributed by atoms with Crippen LogP contribution in [-0.2, 0) is 9.59 Å². The number of carbonyl (C=O) groups excluding carboxylic acids is 1. The van der Waals surface area contributed by atoms with Crippen LogP contribution in [0.15, 0.2) is 0 Å². The quantitative estimate of drug-likeness (QED) is 0.502. The Morgan fingerprint density at radius 3 is 1.88 bits per heavy atom. The van der Waals surface area contributed by atoms with Gasteiger partial charge in [-0.05, 0) is 5.92 Å². The molecular weight excluding hydrogens is 244 g/mol. The van der Waals surface area contributed by atoms with Gasteiger partial charge in [0.25, 0.3) is 5.91 Å². The molecule has 0 bridgehead atoms. The fraction of sp³-hybridized carbons (Fsp3) is 0.818. The third-order valence-electron chi connectivity index (χ3n) is 2.59. The number of amides is 1. The first-order chi connectivity index (χ1) is 7.07. The minimum Gasteiger partial charge on any atom is -1.00 e. The maximum atomic E-state index is 11.8. The van der Waals surface area contributed by atoms with Crippen molar-refractivity contribution in [2.45, 2.75) is 46.7 Å². The van der Waals surface area contributed by atoms with Crippen LogP contribution in [0.1, 0.15) is 34.6 Å². The number of hydrogen-bond acceptors (Lipinski definition) is 2. The van der Waals surface area contributed by atoms with Crippen molar-refractivity contribution in [3.8, 4) is 0 Å². The first kappa shape index (κ1) is 18.6. The number of carboxylic acid groups (broad SMARTS) is 1. The summed E-state index contributed by atoms with van der Waals surface area (Å²) in [5, 5.41) is 11.5. The fourth-order valence-corrected chi connectivity index (χ4v) is 1.16. The topological polar surface area (TPSA) is 94.0 Å². The molecule has 5 nitrogen and oxygen atoms in total. The number of carbonyl (C=O) groups is 2. The van der Waals surface area contributed by atoms with Crippen LogP contribution < -0.4 is 23.5 Å². The number of halogens is 1. The van der Waals surface area contributed by atoms with Gasteiger partial charge < -0.3 is 28.6 Å². The molecule has 0 aliphatic carbocycles. The normalized spacial score (nSPS) is 14.8. The predicted octanol–water partition coefficient (Wildman–Crippen LogP) is -3.13. The summed E-state index contributed by atoms with van der Waals surface area (Å²) in [5.41, 5.74) is 3.50. The van der Waals surface area contributed by atoms with Gasteiger partial charge in [-0.3, -0.25) is 4.79 Å². The highest BCUT2D eigenvalue weighted by Crippen LogP contribution is 2.16. The molecule has 2 atom stereocenters. The summed E-state index contributed by atoms with van der Waals surface area (Å²) in [6.07, 6.45) is 0. The maximum absolute atomic E-state index is 11.8. The van der Waals surface area contributed by atoms with E-state index < -0.39 is 18.1 Å². The molecular formula is C11H23ClN2O3. The highest BCUT2D eigenvalue weighted by Gasteiger charge is 2.34. The van der Waals surface area contributed by atoms with Gasteiger partial charge in [-0.2, -0.15) is 0 Å². The van der Waals surface area contributed by atoms with Gasteiger partial charge in [0, 0.05) is 5.41 Å². The summed E-state index contributed by atoms with van der Waals surface area (Å²) in [4.78, 5) is 22.7. The Morgan fingerprint density at radius 2 is 1.65 bits per heavy atom. The Bertz CT molecular complexity index is 274. The van der Waals surface area contributed by atoms with E-state index in [1.165, 1.54) is 0 Å². The van der Waals surface area contributed by atoms with Crippen molar-refractivity contribution in [2.75, 3.05) is 0 Å². The third-order valence-corrected chi connectivity index (χ3v) is 2.59. The Morgan fingerprint density at radius 1 is 1.24 bits per heavy atom. The van der Waals surface area contributed by atoms with E-state index in [0.29, 0.717) is 0 Å². The summed E-state index contributed by atoms with van der Waals surface area (Å²) in [6, 6.07) is -1.31. The molecule has 6 heteroatoms. The minimum atomic E-state index is -1.01. The van der Waals surface area contributed by atoms with Crippen LogP contribution in [0.4, 0.5) is 0 Å². The number of rotatable bonds is 4. The Hall–Kier alpha value is -0.810. The van der Waals surface area contributed by atoms with E-state index in [1.807, 2.05) is 20.8 Å². The Kier molecular flexibility index (Phi) is 7.43. The Balaban J connectivity index is 0. The zero-order valence-corrected chi connectivity index (χ0v) is 11.8. The van der Waals surface area contributed by atoms with Crippen molar-refractivity contribution in [3.05, 3.63) is 0 Å². The van der Waals surface area contributed by atoms with Crippen LogP contribution in [0, 0.1) is 11.3 Å². The van der Waals surface area contributed by atoms with E-state index in [2.05, 4.69) is 11.1 Å². The molecule has 1 amide bonds. The summed E-state index contributed by atoms with van der Waals surface area (Å²) in [6.45, 7) is 9.21. The van der Waals surface area contributed by atoms with Gasteiger partial charge in [-0.15, -0.1) is 0 Å². The lowest BCUT2D eigenvalue weighted by Gasteiger charge is -2.25. The average molecular weight is 267 g/mol. The molecule has 0 aromatic rings. The van der Waals surface area contributed by atoms with E-state index in [4.69, 9.17) is 5.11 Å². The van der Waals surface area contributed by atoms with Crippen LogP contribution in [0.25, 0.3) is 0 Å². The molecule has 0 rings (SSSR count). The lowest BCUT2D eigenvalue weighted by atomic mass is 9.86. The predicted molar refractivity (Wildman–Crippen MR) is 60.5 cm³/mol. The van der Waals surface area contributed by atoms with Gasteiger partial charge >= 0.3 is 5.97 Å². The van der Waals surface area contributed by atoms with Gasteiger partial charge in [0.05, 0.1) is 0 Å². The molecule has 0 aromatic carbocycles. The lowest BCUT2D eigenvalue weighted by molar-refractivity contribution is -0.426. The first-order valence-electron chi connectivity index (χ1n) is 5.43. The molecule has 0 saturated carbocycles. The molecule has 0 heterocycles. The van der Waals surface area contributed by atoms with Crippen molar-refractivity contribution in [3.63, 3.8) is 0 Å². The molecule has 0 radical (unpaired) electrons. The number of quaternary nitrogens is 1. The van der Waals surface area contributed by atoms with E-state index in [1.54, 1.807) is 13.8 Å². The fourth-order valence-electron chi connectivity index (χ4n) is 1.16. The number of hydrogen-bond donors (Lipinski definition) is 3. The van der Waals surface area contributed by atoms with Gasteiger partial charge in [-0.25, -0.2) is 4.79 Å². The second-order valence-corrected chi connectivity index (χ2v) is 5.49. The smallest absolute Gasteiger partial charge is 0.326 e. The van der Waals surface area contributed by atoms with Gasteiger partial charge in [0.1, 0.15) is 6.04 Å². The number of nitrogens with one attached hydrogen (secondary N) is 1. The van der Waals surface area contributed by atoms with Gasteiger partial charge in [-0.1, -0.05) is 34.6 Å². The molecule has 17 heavy (non-hydrogen) atoms. The van der Waals surface area contributed by atoms with Gasteiger partial charge in [0.2, 0.25) is 0 Å². The highest BCUT2D eigenvalue weighted by molar-refractivity contribution is 5.86. The summed E-state index contributed by atoms with van der Waals surface area (Å²) in [5.74, 6) is -1.47. The van der Waals surface area contributed by atoms with Crippen LogP contribution in [0.3, 0.4) is 0 Å². The number of aliphatic carboxylic acids is 1. The third kappa shape index (κ3) is 5.89. The SMILES string of the molecule is CC(C)[C@H](NC(=O)[C@@H]([NH3+])C(C)(C)C)C(=O)O.[Cl-]. The van der Waals surface area contributed by atoms with Crippen molar-refractivity contribution in [2.24, 2.45) is 11.3 Å². The first-order valence-corrected chi connectivity index (χ1v) is 5.43. The van der Waals surface area contributed by atoms with Crippen molar-refractivity contribution < 1.29 is 32.8 Å². The molecule has 5 N–H and O–H groups in total. The van der Waals surface area contributed by atoms with E-state index in [9.17, 15) is 9.59 Å². The summed E-state index contributed by atoms with van der Waals surface area (Å²) < 4.78 is 0. The largest absolute Gasteiger partial charge is 1.00 e. The molecule has 0 unspecified atom stereocenters. The monoisotopic (exact) mass is 266 g/mol. The molecule has 0 aromatic heterocycles. The average Bonchev–Trinajstić information content (AvgIpc) is 2.09. The van der Waals surface area contributed by atoms with Crippen LogP contribution in [-0.4, -0.2) is 29.1 Å². The van der Waals surface area contributed by atoms with Gasteiger partial charge in [0.15, 0.2) is 6.04 Å². The highest BCUT2D eigenvalue weighted by atomic mass is 35.5. The Labute approximate surface area is 109 Å². The van der Waals surface area contributed by atoms with Crippen LogP contribution in [0.2, 0.25) is 0 Å². The zero-order valence-electron chi connectivity index (χ0n) is 11.1. The second-order valence-electron chi connectivity index (χ2n) is 5.49. The lowest BCUT2D eigenvalue weighted by Crippen LogP contribution is -3.00. The maximum Gasteiger partial charge on any atom is 0.326 e. The summed E-state index contributed by atoms with van der Waals surface area (Å²) in [7, 11) is 0. The van der Waals surface area contributed by atoms with Crippen LogP contribution >= 0.6 is 0 Å². The van der Waals surface area contributed by atoms with Crippen molar-refractivity contribution >= 4 is 11.9 Å². The molecule has 0 aliphatic heterocycles. The van der Waals surface area contributed by atoms with Crippen molar-refractivity contribution in [1.29, 1.82) is 0 Å². The molecule has 102 valence electrons. The van der Waals surface area contributed by atoms with E-state index in [0.717, 1.165) is 0 Å². The number of carboxylic acids is 1. The van der Waals surface area contributed by atoms with E-state index >= 15 is 0 Å². The van der Waals surface area contributed by atoms with Crippen LogP contribution in [0.5, 0.6) is 0 Å². The second kappa shape index (κ2) is 6.81. The standard InChI is InChI=1S/C11H22N2O3.ClH/c1-6(2)7(10(15)16)13-9(14)8(12)11(3,4)5;/h6-8H,12H2,1-5H3,(H,13,14)(H,15,16);1H/t7-,8+;/m0./s1. The molecule has 0 spiro atoms. The molecule has 0 saturated heterocycles.